The molecule has 108 valence electrons. The molecule has 0 aliphatic carbocycles. The molecule has 2 rings (SSSR count). The standard InChI is InChI=1S/C15H19ClN2OS/c1-10(2)3-4-12(9-14-17-18-15(20)19-14)11-5-7-13(16)8-6-11/h5-8,10,12H,3-4,9H2,1-2H3,(H,18,20)/t12-/m0/s1. The second kappa shape index (κ2) is 7.04. The molecule has 1 aromatic carbocycles. The lowest BCUT2D eigenvalue weighted by Gasteiger charge is -2.17. The summed E-state index contributed by atoms with van der Waals surface area (Å²) in [6, 6.07) is 8.02. The van der Waals surface area contributed by atoms with E-state index in [0.717, 1.165) is 17.9 Å². The van der Waals surface area contributed by atoms with E-state index in [1.54, 1.807) is 0 Å². The highest BCUT2D eigenvalue weighted by Crippen LogP contribution is 2.28. The average molecular weight is 311 g/mol. The number of hydrogen-bond acceptors (Lipinski definition) is 3. The summed E-state index contributed by atoms with van der Waals surface area (Å²) in [6.45, 7) is 4.47. The molecule has 1 aromatic heterocycles. The van der Waals surface area contributed by atoms with Crippen LogP contribution < -0.4 is 0 Å². The summed E-state index contributed by atoms with van der Waals surface area (Å²) in [4.78, 5) is 0.332. The summed E-state index contributed by atoms with van der Waals surface area (Å²) in [7, 11) is 0. The number of rotatable bonds is 6. The van der Waals surface area contributed by atoms with Crippen LogP contribution in [-0.2, 0) is 6.42 Å². The first-order chi connectivity index (χ1) is 9.54. The number of halogens is 1. The van der Waals surface area contributed by atoms with Gasteiger partial charge in [0.15, 0.2) is 0 Å². The number of nitrogens with zero attached hydrogens (tertiary/aromatic N) is 1. The van der Waals surface area contributed by atoms with Gasteiger partial charge in [-0.15, -0.1) is 5.10 Å². The van der Waals surface area contributed by atoms with Gasteiger partial charge in [0.2, 0.25) is 5.89 Å². The molecule has 0 fully saturated rings. The predicted molar refractivity (Wildman–Crippen MR) is 83.7 cm³/mol. The Morgan fingerprint density at radius 1 is 1.25 bits per heavy atom. The molecule has 0 radical (unpaired) electrons. The maximum atomic E-state index is 5.96. The van der Waals surface area contributed by atoms with Gasteiger partial charge in [-0.2, -0.15) is 0 Å². The third-order valence-electron chi connectivity index (χ3n) is 3.34. The van der Waals surface area contributed by atoms with Gasteiger partial charge in [-0.25, -0.2) is 5.10 Å². The third kappa shape index (κ3) is 4.46. The SMILES string of the molecule is CC(C)CC[C@@H](Cc1n[nH]c(=S)o1)c1ccc(Cl)cc1. The fraction of sp³-hybridized carbons (Fsp3) is 0.467. The van der Waals surface area contributed by atoms with Crippen LogP contribution in [0.15, 0.2) is 28.7 Å². The Hall–Kier alpha value is -1.13. The molecule has 5 heteroatoms. The zero-order chi connectivity index (χ0) is 14.5. The van der Waals surface area contributed by atoms with E-state index in [4.69, 9.17) is 28.2 Å². The summed E-state index contributed by atoms with van der Waals surface area (Å²) in [5.74, 6) is 1.71. The number of H-pyrrole nitrogens is 1. The molecule has 20 heavy (non-hydrogen) atoms. The summed E-state index contributed by atoms with van der Waals surface area (Å²) in [5, 5.41) is 7.54. The van der Waals surface area contributed by atoms with Crippen molar-refractivity contribution < 1.29 is 4.42 Å². The maximum absolute atomic E-state index is 5.96. The van der Waals surface area contributed by atoms with Crippen LogP contribution in [0.4, 0.5) is 0 Å². The van der Waals surface area contributed by atoms with Crippen LogP contribution in [0.1, 0.15) is 44.1 Å². The number of aromatic nitrogens is 2. The lowest BCUT2D eigenvalue weighted by atomic mass is 9.89. The Bertz CT molecular complexity index is 588. The van der Waals surface area contributed by atoms with Crippen LogP contribution in [0.25, 0.3) is 0 Å². The van der Waals surface area contributed by atoms with E-state index in [0.29, 0.717) is 22.6 Å². The highest BCUT2D eigenvalue weighted by atomic mass is 35.5. The van der Waals surface area contributed by atoms with Gasteiger partial charge in [0.05, 0.1) is 0 Å². The van der Waals surface area contributed by atoms with Crippen molar-refractivity contribution in [1.82, 2.24) is 10.2 Å². The van der Waals surface area contributed by atoms with Crippen LogP contribution in [0, 0.1) is 10.8 Å². The van der Waals surface area contributed by atoms with Crippen LogP contribution in [0.5, 0.6) is 0 Å². The summed E-state index contributed by atoms with van der Waals surface area (Å²) in [5.41, 5.74) is 1.26. The van der Waals surface area contributed by atoms with Gasteiger partial charge in [0.25, 0.3) is 4.84 Å². The van der Waals surface area contributed by atoms with Gasteiger partial charge in [0, 0.05) is 11.4 Å². The monoisotopic (exact) mass is 310 g/mol. The van der Waals surface area contributed by atoms with Crippen molar-refractivity contribution in [3.05, 3.63) is 45.6 Å². The molecule has 3 nitrogen and oxygen atoms in total. The smallest absolute Gasteiger partial charge is 0.284 e. The fourth-order valence-electron chi connectivity index (χ4n) is 2.21. The van der Waals surface area contributed by atoms with Crippen molar-refractivity contribution in [2.24, 2.45) is 5.92 Å². The minimum absolute atomic E-state index is 0.332. The highest BCUT2D eigenvalue weighted by Gasteiger charge is 2.16. The van der Waals surface area contributed by atoms with Crippen molar-refractivity contribution in [2.45, 2.75) is 39.0 Å². The zero-order valence-corrected chi connectivity index (χ0v) is 13.3. The quantitative estimate of drug-likeness (QED) is 0.750. The fourth-order valence-corrected chi connectivity index (χ4v) is 2.48. The Morgan fingerprint density at radius 3 is 2.50 bits per heavy atom. The number of hydrogen-bond donors (Lipinski definition) is 1. The molecule has 2 aromatic rings. The van der Waals surface area contributed by atoms with Gasteiger partial charge < -0.3 is 4.42 Å². The van der Waals surface area contributed by atoms with E-state index in [-0.39, 0.29) is 0 Å². The first kappa shape index (κ1) is 15.3. The Kier molecular flexibility index (Phi) is 5.38. The molecule has 0 unspecified atom stereocenters. The Labute approximate surface area is 129 Å². The first-order valence-corrected chi connectivity index (χ1v) is 7.63. The lowest BCUT2D eigenvalue weighted by molar-refractivity contribution is 0.432. The predicted octanol–water partition coefficient (Wildman–Crippen LogP) is 5.15. The minimum atomic E-state index is 0.332. The zero-order valence-electron chi connectivity index (χ0n) is 11.7. The van der Waals surface area contributed by atoms with Crippen LogP contribution in [0.2, 0.25) is 5.02 Å². The summed E-state index contributed by atoms with van der Waals surface area (Å²) >= 11 is 10.9. The van der Waals surface area contributed by atoms with E-state index in [9.17, 15) is 0 Å². The topological polar surface area (TPSA) is 41.8 Å². The second-order valence-corrected chi connectivity index (χ2v) is 6.24. The van der Waals surface area contributed by atoms with Crippen LogP contribution in [-0.4, -0.2) is 10.2 Å². The van der Waals surface area contributed by atoms with Crippen molar-refractivity contribution in [3.63, 3.8) is 0 Å². The molecular formula is C15H19ClN2OS. The molecule has 0 amide bonds. The lowest BCUT2D eigenvalue weighted by Crippen LogP contribution is -2.05. The van der Waals surface area contributed by atoms with Gasteiger partial charge in [-0.1, -0.05) is 44.0 Å². The van der Waals surface area contributed by atoms with E-state index in [1.165, 1.54) is 12.0 Å². The first-order valence-electron chi connectivity index (χ1n) is 6.84. The molecular weight excluding hydrogens is 292 g/mol. The third-order valence-corrected chi connectivity index (χ3v) is 3.76. The second-order valence-electron chi connectivity index (χ2n) is 5.43. The largest absolute Gasteiger partial charge is 0.414 e. The summed E-state index contributed by atoms with van der Waals surface area (Å²) < 4.78 is 5.39. The number of aromatic amines is 1. The average Bonchev–Trinajstić information content (AvgIpc) is 2.81. The van der Waals surface area contributed by atoms with E-state index in [1.807, 2.05) is 12.1 Å². The van der Waals surface area contributed by atoms with Gasteiger partial charge in [0.1, 0.15) is 0 Å². The number of benzene rings is 1. The molecule has 0 bridgehead atoms. The molecule has 0 aliphatic heterocycles. The van der Waals surface area contributed by atoms with Gasteiger partial charge in [-0.05, 0) is 48.2 Å². The van der Waals surface area contributed by atoms with Crippen molar-refractivity contribution >= 4 is 23.8 Å². The molecule has 1 heterocycles. The maximum Gasteiger partial charge on any atom is 0.284 e. The van der Waals surface area contributed by atoms with Crippen molar-refractivity contribution in [1.29, 1.82) is 0 Å². The van der Waals surface area contributed by atoms with Crippen LogP contribution in [0.3, 0.4) is 0 Å². The van der Waals surface area contributed by atoms with Crippen molar-refractivity contribution in [2.75, 3.05) is 0 Å². The highest BCUT2D eigenvalue weighted by molar-refractivity contribution is 7.71. The van der Waals surface area contributed by atoms with E-state index in [2.05, 4.69) is 36.2 Å². The van der Waals surface area contributed by atoms with E-state index < -0.39 is 0 Å². The molecule has 1 N–H and O–H groups in total. The Balaban J connectivity index is 2.15. The number of nitrogens with one attached hydrogen (secondary N) is 1. The van der Waals surface area contributed by atoms with Crippen molar-refractivity contribution in [3.8, 4) is 0 Å². The molecule has 0 saturated heterocycles. The normalized spacial score (nSPS) is 12.8. The molecule has 0 spiro atoms. The Morgan fingerprint density at radius 2 is 1.95 bits per heavy atom. The summed E-state index contributed by atoms with van der Waals surface area (Å²) in [6.07, 6.45) is 3.01. The van der Waals surface area contributed by atoms with Gasteiger partial charge in [-0.3, -0.25) is 0 Å². The molecule has 0 aliphatic rings. The van der Waals surface area contributed by atoms with Gasteiger partial charge >= 0.3 is 0 Å². The minimum Gasteiger partial charge on any atom is -0.414 e. The molecule has 1 atom stereocenters. The molecule has 0 saturated carbocycles. The van der Waals surface area contributed by atoms with Crippen LogP contribution >= 0.6 is 23.8 Å². The van der Waals surface area contributed by atoms with E-state index >= 15 is 0 Å².